The summed E-state index contributed by atoms with van der Waals surface area (Å²) in [6.45, 7) is 0.284. The third-order valence-electron chi connectivity index (χ3n) is 3.35. The molecule has 0 spiro atoms. The van der Waals surface area contributed by atoms with Crippen LogP contribution in [0.1, 0.15) is 15.9 Å². The summed E-state index contributed by atoms with van der Waals surface area (Å²) in [5.41, 5.74) is 7.08. The average molecular weight is 312 g/mol. The van der Waals surface area contributed by atoms with Gasteiger partial charge in [0.2, 0.25) is 0 Å². The quantitative estimate of drug-likeness (QED) is 0.571. The topological polar surface area (TPSA) is 81.4 Å². The highest BCUT2D eigenvalue weighted by atomic mass is 16.5. The van der Waals surface area contributed by atoms with Crippen molar-refractivity contribution in [3.8, 4) is 0 Å². The number of rotatable bonds is 8. The fourth-order valence-electron chi connectivity index (χ4n) is 2.03. The number of benzene rings is 2. The zero-order valence-electron chi connectivity index (χ0n) is 12.8. The summed E-state index contributed by atoms with van der Waals surface area (Å²) in [7, 11) is 0. The molecule has 0 bridgehead atoms. The maximum atomic E-state index is 12.0. The van der Waals surface area contributed by atoms with Gasteiger partial charge in [-0.15, -0.1) is 0 Å². The van der Waals surface area contributed by atoms with Gasteiger partial charge in [0.15, 0.2) is 5.78 Å². The van der Waals surface area contributed by atoms with Crippen molar-refractivity contribution in [1.29, 1.82) is 0 Å². The van der Waals surface area contributed by atoms with E-state index in [-0.39, 0.29) is 25.5 Å². The van der Waals surface area contributed by atoms with Crippen LogP contribution in [0.25, 0.3) is 0 Å². The molecule has 5 heteroatoms. The molecule has 0 aromatic heterocycles. The van der Waals surface area contributed by atoms with Crippen LogP contribution >= 0.6 is 0 Å². The minimum absolute atomic E-state index is 0.0340. The Morgan fingerprint density at radius 3 is 2.22 bits per heavy atom. The number of hydrogen-bond donors (Lipinski definition) is 2. The minimum atomic E-state index is -0.702. The van der Waals surface area contributed by atoms with Crippen molar-refractivity contribution in [2.45, 2.75) is 12.6 Å². The van der Waals surface area contributed by atoms with E-state index in [4.69, 9.17) is 10.5 Å². The maximum absolute atomic E-state index is 12.0. The first-order valence-corrected chi connectivity index (χ1v) is 7.43. The highest BCUT2D eigenvalue weighted by molar-refractivity contribution is 5.97. The van der Waals surface area contributed by atoms with E-state index >= 15 is 0 Å². The highest BCUT2D eigenvalue weighted by Gasteiger charge is 2.19. The van der Waals surface area contributed by atoms with Gasteiger partial charge in [-0.25, -0.2) is 0 Å². The number of carbonyl (C=O) groups excluding carboxylic acids is 2. The van der Waals surface area contributed by atoms with Gasteiger partial charge in [0.05, 0.1) is 6.54 Å². The Labute approximate surface area is 135 Å². The lowest BCUT2D eigenvalue weighted by Gasteiger charge is -2.15. The maximum Gasteiger partial charge on any atom is 0.324 e. The van der Waals surface area contributed by atoms with E-state index < -0.39 is 12.0 Å². The molecule has 5 nitrogen and oxygen atoms in total. The van der Waals surface area contributed by atoms with E-state index in [2.05, 4.69) is 5.32 Å². The summed E-state index contributed by atoms with van der Waals surface area (Å²) in [6.07, 6.45) is 0. The Morgan fingerprint density at radius 1 is 1.00 bits per heavy atom. The van der Waals surface area contributed by atoms with Crippen molar-refractivity contribution in [3.63, 3.8) is 0 Å². The molecule has 0 unspecified atom stereocenters. The first-order valence-electron chi connectivity index (χ1n) is 7.43. The molecule has 0 amide bonds. The lowest BCUT2D eigenvalue weighted by atomic mass is 10.1. The molecule has 0 aliphatic carbocycles. The molecule has 3 N–H and O–H groups in total. The molecule has 23 heavy (non-hydrogen) atoms. The van der Waals surface area contributed by atoms with Gasteiger partial charge in [0, 0.05) is 12.1 Å². The summed E-state index contributed by atoms with van der Waals surface area (Å²) >= 11 is 0. The van der Waals surface area contributed by atoms with Crippen LogP contribution in [0.4, 0.5) is 0 Å². The second-order valence-electron chi connectivity index (χ2n) is 5.05. The number of nitrogens with two attached hydrogens (primary N) is 1. The second-order valence-corrected chi connectivity index (χ2v) is 5.05. The zero-order valence-corrected chi connectivity index (χ0v) is 12.8. The van der Waals surface area contributed by atoms with Crippen LogP contribution in [0.15, 0.2) is 60.7 Å². The van der Waals surface area contributed by atoms with Gasteiger partial charge in [-0.1, -0.05) is 60.7 Å². The highest BCUT2D eigenvalue weighted by Crippen LogP contribution is 2.02. The van der Waals surface area contributed by atoms with Crippen molar-refractivity contribution in [3.05, 3.63) is 71.8 Å². The molecule has 120 valence electrons. The number of hydrogen-bond acceptors (Lipinski definition) is 5. The molecule has 0 aliphatic heterocycles. The van der Waals surface area contributed by atoms with Crippen LogP contribution in [0.2, 0.25) is 0 Å². The van der Waals surface area contributed by atoms with E-state index in [1.54, 1.807) is 24.3 Å². The monoisotopic (exact) mass is 312 g/mol. The standard InChI is InChI=1S/C18H20N2O3/c19-11-16(18(22)23-13-14-7-3-1-4-8-14)20-12-17(21)15-9-5-2-6-10-15/h1-10,16,20H,11-13,19H2/t16-/m0/s1. The van der Waals surface area contributed by atoms with Gasteiger partial charge in [0.25, 0.3) is 0 Å². The second kappa shape index (κ2) is 8.82. The Hall–Kier alpha value is -2.50. The van der Waals surface area contributed by atoms with Gasteiger partial charge in [0.1, 0.15) is 12.6 Å². The van der Waals surface area contributed by atoms with Gasteiger partial charge in [-0.05, 0) is 5.56 Å². The lowest BCUT2D eigenvalue weighted by molar-refractivity contribution is -0.147. The summed E-state index contributed by atoms with van der Waals surface area (Å²) in [5, 5.41) is 2.85. The van der Waals surface area contributed by atoms with Crippen LogP contribution in [0, 0.1) is 0 Å². The summed E-state index contributed by atoms with van der Waals surface area (Å²) in [6, 6.07) is 17.6. The van der Waals surface area contributed by atoms with E-state index in [1.807, 2.05) is 36.4 Å². The lowest BCUT2D eigenvalue weighted by Crippen LogP contribution is -2.45. The molecule has 0 saturated heterocycles. The summed E-state index contributed by atoms with van der Waals surface area (Å²) < 4.78 is 5.23. The Balaban J connectivity index is 1.82. The SMILES string of the molecule is NC[C@H](NCC(=O)c1ccccc1)C(=O)OCc1ccccc1. The number of ether oxygens (including phenoxy) is 1. The van der Waals surface area contributed by atoms with Gasteiger partial charge < -0.3 is 10.5 Å². The molecule has 2 aromatic rings. The third kappa shape index (κ3) is 5.32. The van der Waals surface area contributed by atoms with E-state index in [1.165, 1.54) is 0 Å². The summed E-state index contributed by atoms with van der Waals surface area (Å²) in [5.74, 6) is -0.558. The predicted octanol–water partition coefficient (Wildman–Crippen LogP) is 1.53. The normalized spacial score (nSPS) is 11.7. The number of Topliss-reactive ketones (excluding diaryl/α,β-unsaturated/α-hetero) is 1. The van der Waals surface area contributed by atoms with Crippen molar-refractivity contribution < 1.29 is 14.3 Å². The first kappa shape index (κ1) is 16.9. The Kier molecular flexibility index (Phi) is 6.47. The number of nitrogens with one attached hydrogen (secondary N) is 1. The molecule has 0 heterocycles. The Morgan fingerprint density at radius 2 is 1.61 bits per heavy atom. The van der Waals surface area contributed by atoms with Crippen molar-refractivity contribution >= 4 is 11.8 Å². The molecular formula is C18H20N2O3. The molecule has 1 atom stereocenters. The molecular weight excluding hydrogens is 292 g/mol. The largest absolute Gasteiger partial charge is 0.460 e. The number of ketones is 1. The molecule has 0 radical (unpaired) electrons. The fraction of sp³-hybridized carbons (Fsp3) is 0.222. The zero-order chi connectivity index (χ0) is 16.5. The molecule has 0 fully saturated rings. The molecule has 2 rings (SSSR count). The van der Waals surface area contributed by atoms with Gasteiger partial charge in [-0.2, -0.15) is 0 Å². The van der Waals surface area contributed by atoms with Crippen molar-refractivity contribution in [1.82, 2.24) is 5.32 Å². The minimum Gasteiger partial charge on any atom is -0.460 e. The third-order valence-corrected chi connectivity index (χ3v) is 3.35. The van der Waals surface area contributed by atoms with E-state index in [9.17, 15) is 9.59 Å². The molecule has 0 saturated carbocycles. The van der Waals surface area contributed by atoms with Crippen LogP contribution in [-0.2, 0) is 16.1 Å². The molecule has 2 aromatic carbocycles. The van der Waals surface area contributed by atoms with E-state index in [0.717, 1.165) is 5.56 Å². The number of carbonyl (C=O) groups is 2. The predicted molar refractivity (Wildman–Crippen MR) is 87.9 cm³/mol. The van der Waals surface area contributed by atoms with Gasteiger partial charge in [-0.3, -0.25) is 14.9 Å². The fourth-order valence-corrected chi connectivity index (χ4v) is 2.03. The molecule has 0 aliphatic rings. The van der Waals surface area contributed by atoms with Crippen LogP contribution in [-0.4, -0.2) is 30.9 Å². The average Bonchev–Trinajstić information content (AvgIpc) is 2.62. The summed E-state index contributed by atoms with van der Waals surface area (Å²) in [4.78, 5) is 24.0. The van der Waals surface area contributed by atoms with Crippen molar-refractivity contribution in [2.24, 2.45) is 5.73 Å². The van der Waals surface area contributed by atoms with Crippen LogP contribution in [0.3, 0.4) is 0 Å². The van der Waals surface area contributed by atoms with Crippen LogP contribution < -0.4 is 11.1 Å². The van der Waals surface area contributed by atoms with Crippen molar-refractivity contribution in [2.75, 3.05) is 13.1 Å². The smallest absolute Gasteiger partial charge is 0.324 e. The van der Waals surface area contributed by atoms with E-state index in [0.29, 0.717) is 5.56 Å². The van der Waals surface area contributed by atoms with Crippen LogP contribution in [0.5, 0.6) is 0 Å². The number of esters is 1. The first-order chi connectivity index (χ1) is 11.2. The Bertz CT molecular complexity index is 629. The van der Waals surface area contributed by atoms with Gasteiger partial charge >= 0.3 is 5.97 Å².